The van der Waals surface area contributed by atoms with Crippen molar-refractivity contribution in [3.05, 3.63) is 35.9 Å². The molecule has 0 spiro atoms. The summed E-state index contributed by atoms with van der Waals surface area (Å²) in [7, 11) is -3.89. The maximum absolute atomic E-state index is 12.1. The van der Waals surface area contributed by atoms with Crippen LogP contribution >= 0.6 is 0 Å². The van der Waals surface area contributed by atoms with Crippen molar-refractivity contribution in [2.24, 2.45) is 0 Å². The monoisotopic (exact) mass is 313 g/mol. The minimum Gasteiger partial charge on any atom is -0.386 e. The molecular formula is C13H15NO6S. The first-order valence-corrected chi connectivity index (χ1v) is 8.11. The number of rotatable bonds is 4. The van der Waals surface area contributed by atoms with E-state index in [0.29, 0.717) is 13.0 Å². The molecule has 0 saturated carbocycles. The second-order valence-corrected chi connectivity index (χ2v) is 6.26. The topological polar surface area (TPSA) is 98.8 Å². The third kappa shape index (κ3) is 3.87. The molecule has 1 aromatic rings. The third-order valence-corrected chi connectivity index (χ3v) is 3.52. The summed E-state index contributed by atoms with van der Waals surface area (Å²) in [6, 6.07) is 7.93. The highest BCUT2D eigenvalue weighted by Crippen LogP contribution is 2.25. The Morgan fingerprint density at radius 2 is 1.90 bits per heavy atom. The van der Waals surface area contributed by atoms with Gasteiger partial charge in [0.2, 0.25) is 5.72 Å². The maximum Gasteiger partial charge on any atom is 0.363 e. The van der Waals surface area contributed by atoms with Crippen molar-refractivity contribution in [1.29, 1.82) is 0 Å². The van der Waals surface area contributed by atoms with E-state index in [1.165, 1.54) is 12.1 Å². The summed E-state index contributed by atoms with van der Waals surface area (Å²) in [5, 5.41) is 2.66. The van der Waals surface area contributed by atoms with Crippen LogP contribution in [0.2, 0.25) is 0 Å². The largest absolute Gasteiger partial charge is 0.386 e. The van der Waals surface area contributed by atoms with Crippen LogP contribution in [0.3, 0.4) is 0 Å². The van der Waals surface area contributed by atoms with Gasteiger partial charge in [0.05, 0.1) is 11.8 Å². The highest BCUT2D eigenvalue weighted by Gasteiger charge is 2.48. The van der Waals surface area contributed by atoms with Crippen molar-refractivity contribution in [3.63, 3.8) is 0 Å². The zero-order valence-corrected chi connectivity index (χ0v) is 12.2. The van der Waals surface area contributed by atoms with Gasteiger partial charge < -0.3 is 4.74 Å². The highest BCUT2D eigenvalue weighted by atomic mass is 32.2. The Kier molecular flexibility index (Phi) is 4.40. The van der Waals surface area contributed by atoms with E-state index >= 15 is 0 Å². The van der Waals surface area contributed by atoms with Gasteiger partial charge in [-0.3, -0.25) is 5.32 Å². The second kappa shape index (κ2) is 5.92. The summed E-state index contributed by atoms with van der Waals surface area (Å²) < 4.78 is 32.2. The number of hydrogen-bond donors (Lipinski definition) is 1. The molecule has 21 heavy (non-hydrogen) atoms. The molecule has 1 heterocycles. The molecule has 1 saturated heterocycles. The number of carbonyl (C=O) groups excluding carboxylic acids is 2. The normalized spacial score (nSPS) is 22.0. The Morgan fingerprint density at radius 1 is 1.24 bits per heavy atom. The molecule has 114 valence electrons. The standard InChI is InChI=1S/C13H15NO6S/c1-21(17,18)20-13(8-5-9-14-13)12(16)19-11(15)10-6-3-2-4-7-10/h2-4,6-7,14H,5,8-9H2,1H3/t13-/m1/s1. The Hall–Kier alpha value is -1.77. The smallest absolute Gasteiger partial charge is 0.363 e. The van der Waals surface area contributed by atoms with Crippen LogP contribution in [0.4, 0.5) is 0 Å². The summed E-state index contributed by atoms with van der Waals surface area (Å²) >= 11 is 0. The lowest BCUT2D eigenvalue weighted by atomic mass is 10.1. The maximum atomic E-state index is 12.1. The minimum absolute atomic E-state index is 0.112. The molecule has 7 nitrogen and oxygen atoms in total. The molecule has 0 amide bonds. The number of ether oxygens (including phenoxy) is 1. The molecule has 2 rings (SSSR count). The second-order valence-electron chi connectivity index (χ2n) is 4.69. The van der Waals surface area contributed by atoms with Gasteiger partial charge in [-0.15, -0.1) is 0 Å². The van der Waals surface area contributed by atoms with E-state index in [9.17, 15) is 18.0 Å². The zero-order chi connectivity index (χ0) is 15.5. The molecule has 1 fully saturated rings. The Bertz CT molecular complexity index is 634. The van der Waals surface area contributed by atoms with Crippen LogP contribution < -0.4 is 5.32 Å². The van der Waals surface area contributed by atoms with Gasteiger partial charge in [-0.2, -0.15) is 8.42 Å². The summed E-state index contributed by atoms with van der Waals surface area (Å²) in [6.45, 7) is 0.393. The molecule has 0 unspecified atom stereocenters. The van der Waals surface area contributed by atoms with Gasteiger partial charge in [0.15, 0.2) is 0 Å². The van der Waals surface area contributed by atoms with E-state index in [1.807, 2.05) is 0 Å². The number of carbonyl (C=O) groups is 2. The molecule has 0 aliphatic carbocycles. The van der Waals surface area contributed by atoms with Crippen LogP contribution in [0.15, 0.2) is 30.3 Å². The number of hydrogen-bond acceptors (Lipinski definition) is 7. The van der Waals surface area contributed by atoms with Gasteiger partial charge in [-0.1, -0.05) is 18.2 Å². The molecule has 8 heteroatoms. The fourth-order valence-corrected chi connectivity index (χ4v) is 2.78. The highest BCUT2D eigenvalue weighted by molar-refractivity contribution is 7.86. The molecule has 0 bridgehead atoms. The van der Waals surface area contributed by atoms with Gasteiger partial charge in [-0.25, -0.2) is 13.8 Å². The van der Waals surface area contributed by atoms with Gasteiger partial charge in [-0.05, 0) is 25.1 Å². The van der Waals surface area contributed by atoms with Crippen LogP contribution in [-0.2, 0) is 23.8 Å². The first-order valence-electron chi connectivity index (χ1n) is 6.30. The predicted octanol–water partition coefficient (Wildman–Crippen LogP) is 0.426. The predicted molar refractivity (Wildman–Crippen MR) is 72.8 cm³/mol. The fraction of sp³-hybridized carbons (Fsp3) is 0.385. The number of esters is 2. The van der Waals surface area contributed by atoms with E-state index in [2.05, 4.69) is 5.32 Å². The zero-order valence-electron chi connectivity index (χ0n) is 11.4. The molecule has 0 aromatic heterocycles. The van der Waals surface area contributed by atoms with E-state index in [1.54, 1.807) is 18.2 Å². The van der Waals surface area contributed by atoms with E-state index in [4.69, 9.17) is 8.92 Å². The Balaban J connectivity index is 2.15. The summed E-state index contributed by atoms with van der Waals surface area (Å²) in [4.78, 5) is 24.0. The van der Waals surface area contributed by atoms with Crippen molar-refractivity contribution in [2.45, 2.75) is 18.6 Å². The summed E-state index contributed by atoms with van der Waals surface area (Å²) in [5.41, 5.74) is -1.63. The molecule has 1 aromatic carbocycles. The summed E-state index contributed by atoms with van der Waals surface area (Å²) in [5.74, 6) is -1.91. The first-order chi connectivity index (χ1) is 9.82. The third-order valence-electron chi connectivity index (χ3n) is 2.93. The van der Waals surface area contributed by atoms with E-state index < -0.39 is 27.8 Å². The van der Waals surface area contributed by atoms with Gasteiger partial charge in [0.25, 0.3) is 10.1 Å². The van der Waals surface area contributed by atoms with Gasteiger partial charge in [0.1, 0.15) is 0 Å². The van der Waals surface area contributed by atoms with Crippen LogP contribution in [0.5, 0.6) is 0 Å². The molecule has 1 aliphatic heterocycles. The quantitative estimate of drug-likeness (QED) is 0.489. The summed E-state index contributed by atoms with van der Waals surface area (Å²) in [6.07, 6.45) is 1.48. The molecule has 1 aliphatic rings. The lowest BCUT2D eigenvalue weighted by Crippen LogP contribution is -2.52. The van der Waals surface area contributed by atoms with E-state index in [0.717, 1.165) is 6.26 Å². The number of benzene rings is 1. The minimum atomic E-state index is -3.89. The number of nitrogens with one attached hydrogen (secondary N) is 1. The Labute approximate surface area is 122 Å². The van der Waals surface area contributed by atoms with Crippen LogP contribution in [-0.4, -0.2) is 38.9 Å². The van der Waals surface area contributed by atoms with Gasteiger partial charge >= 0.3 is 11.9 Å². The van der Waals surface area contributed by atoms with Crippen molar-refractivity contribution < 1.29 is 26.9 Å². The molecule has 1 N–H and O–H groups in total. The van der Waals surface area contributed by atoms with E-state index in [-0.39, 0.29) is 12.0 Å². The fourth-order valence-electron chi connectivity index (χ4n) is 2.05. The molecular weight excluding hydrogens is 298 g/mol. The van der Waals surface area contributed by atoms with Crippen LogP contribution in [0.1, 0.15) is 23.2 Å². The van der Waals surface area contributed by atoms with Crippen LogP contribution in [0.25, 0.3) is 0 Å². The SMILES string of the molecule is CS(=O)(=O)O[C@@]1(C(=O)OC(=O)c2ccccc2)CCCN1. The van der Waals surface area contributed by atoms with Crippen molar-refractivity contribution >= 4 is 22.1 Å². The molecule has 1 atom stereocenters. The average Bonchev–Trinajstić information content (AvgIpc) is 2.87. The van der Waals surface area contributed by atoms with Crippen molar-refractivity contribution in [1.82, 2.24) is 5.32 Å². The lowest BCUT2D eigenvalue weighted by Gasteiger charge is -2.24. The Morgan fingerprint density at radius 3 is 2.43 bits per heavy atom. The molecule has 0 radical (unpaired) electrons. The van der Waals surface area contributed by atoms with Crippen LogP contribution in [0, 0.1) is 0 Å². The first kappa shape index (κ1) is 15.6. The van der Waals surface area contributed by atoms with Gasteiger partial charge in [0, 0.05) is 6.42 Å². The average molecular weight is 313 g/mol. The van der Waals surface area contributed by atoms with Crippen molar-refractivity contribution in [3.8, 4) is 0 Å². The van der Waals surface area contributed by atoms with Crippen molar-refractivity contribution in [2.75, 3.05) is 12.8 Å². The lowest BCUT2D eigenvalue weighted by molar-refractivity contribution is -0.157.